The van der Waals surface area contributed by atoms with Crippen LogP contribution in [0.1, 0.15) is 5.56 Å². The van der Waals surface area contributed by atoms with Crippen molar-refractivity contribution in [2.24, 2.45) is 0 Å². The van der Waals surface area contributed by atoms with Crippen LogP contribution in [-0.2, 0) is 16.4 Å². The second-order valence-corrected chi connectivity index (χ2v) is 9.86. The monoisotopic (exact) mass is 472 g/mol. The third-order valence-electron chi connectivity index (χ3n) is 5.36. The highest BCUT2D eigenvalue weighted by Crippen LogP contribution is 2.27. The molecule has 0 radical (unpaired) electrons. The van der Waals surface area contributed by atoms with E-state index in [2.05, 4.69) is 20.2 Å². The fraction of sp³-hybridized carbons (Fsp3) is 0.238. The van der Waals surface area contributed by atoms with E-state index in [0.29, 0.717) is 22.6 Å². The summed E-state index contributed by atoms with van der Waals surface area (Å²) in [6.45, 7) is 0.399. The van der Waals surface area contributed by atoms with E-state index in [1.54, 1.807) is 39.9 Å². The van der Waals surface area contributed by atoms with Gasteiger partial charge in [0.25, 0.3) is 0 Å². The minimum absolute atomic E-state index is 0.0153. The first kappa shape index (κ1) is 21.2. The first-order chi connectivity index (χ1) is 15.9. The van der Waals surface area contributed by atoms with Crippen LogP contribution in [0.5, 0.6) is 0 Å². The molecule has 1 saturated heterocycles. The van der Waals surface area contributed by atoms with Gasteiger partial charge in [-0.3, -0.25) is 4.68 Å². The maximum Gasteiger partial charge on any atom is 0.183 e. The highest BCUT2D eigenvalue weighted by Gasteiger charge is 2.26. The smallest absolute Gasteiger partial charge is 0.183 e. The van der Waals surface area contributed by atoms with Crippen molar-refractivity contribution >= 4 is 15.7 Å². The first-order valence-corrected chi connectivity index (χ1v) is 11.9. The molecule has 170 valence electrons. The van der Waals surface area contributed by atoms with Gasteiger partial charge >= 0.3 is 0 Å². The van der Waals surface area contributed by atoms with E-state index in [1.165, 1.54) is 12.3 Å². The van der Waals surface area contributed by atoms with E-state index in [9.17, 15) is 17.2 Å². The minimum atomic E-state index is -3.13. The van der Waals surface area contributed by atoms with Gasteiger partial charge in [-0.2, -0.15) is 5.10 Å². The van der Waals surface area contributed by atoms with Crippen molar-refractivity contribution in [3.8, 4) is 22.9 Å². The van der Waals surface area contributed by atoms with Crippen molar-refractivity contribution in [1.29, 1.82) is 0 Å². The van der Waals surface area contributed by atoms with Gasteiger partial charge in [-0.15, -0.1) is 0 Å². The van der Waals surface area contributed by atoms with E-state index in [-0.39, 0.29) is 48.6 Å². The van der Waals surface area contributed by atoms with Gasteiger partial charge in [0.2, 0.25) is 0 Å². The molecule has 33 heavy (non-hydrogen) atoms. The van der Waals surface area contributed by atoms with E-state index in [4.69, 9.17) is 4.52 Å². The van der Waals surface area contributed by atoms with Crippen LogP contribution in [0.2, 0.25) is 0 Å². The summed E-state index contributed by atoms with van der Waals surface area (Å²) < 4.78 is 58.7. The molecule has 0 bridgehead atoms. The van der Waals surface area contributed by atoms with Gasteiger partial charge in [0.1, 0.15) is 23.5 Å². The minimum Gasteiger partial charge on any atom is -0.364 e. The van der Waals surface area contributed by atoms with Gasteiger partial charge in [-0.1, -0.05) is 23.4 Å². The molecular weight excluding hydrogens is 454 g/mol. The summed E-state index contributed by atoms with van der Waals surface area (Å²) in [5.74, 6) is -1.00. The molecular formula is C21H18F2N6O3S. The van der Waals surface area contributed by atoms with Crippen LogP contribution in [0.15, 0.2) is 53.4 Å². The number of hydrogen-bond donors (Lipinski definition) is 0. The van der Waals surface area contributed by atoms with Crippen LogP contribution < -0.4 is 4.90 Å². The van der Waals surface area contributed by atoms with E-state index >= 15 is 0 Å². The molecule has 5 rings (SSSR count). The van der Waals surface area contributed by atoms with Crippen molar-refractivity contribution < 1.29 is 21.7 Å². The lowest BCUT2D eigenvalue weighted by atomic mass is 10.2. The summed E-state index contributed by atoms with van der Waals surface area (Å²) in [6.07, 6.45) is 2.44. The predicted octanol–water partition coefficient (Wildman–Crippen LogP) is 2.56. The zero-order valence-corrected chi connectivity index (χ0v) is 18.0. The van der Waals surface area contributed by atoms with Crippen molar-refractivity contribution in [3.05, 3.63) is 66.1 Å². The highest BCUT2D eigenvalue weighted by molar-refractivity contribution is 7.91. The molecule has 9 nitrogen and oxygen atoms in total. The summed E-state index contributed by atoms with van der Waals surface area (Å²) in [5, 5.41) is 8.46. The fourth-order valence-electron chi connectivity index (χ4n) is 3.61. The van der Waals surface area contributed by atoms with Crippen LogP contribution in [0.4, 0.5) is 14.6 Å². The third-order valence-corrected chi connectivity index (χ3v) is 6.97. The van der Waals surface area contributed by atoms with Gasteiger partial charge in [0.05, 0.1) is 29.9 Å². The van der Waals surface area contributed by atoms with E-state index in [1.807, 2.05) is 0 Å². The van der Waals surface area contributed by atoms with Crippen LogP contribution in [0.3, 0.4) is 0 Å². The molecule has 1 aliphatic heterocycles. The zero-order valence-electron chi connectivity index (χ0n) is 17.2. The number of hydrogen-bond acceptors (Lipinski definition) is 8. The first-order valence-electron chi connectivity index (χ1n) is 10.1. The number of aromatic nitrogens is 5. The molecule has 4 heterocycles. The molecule has 12 heteroatoms. The van der Waals surface area contributed by atoms with Crippen LogP contribution in [0, 0.1) is 11.6 Å². The molecule has 0 amide bonds. The summed E-state index contributed by atoms with van der Waals surface area (Å²) in [7, 11) is -3.13. The number of rotatable bonds is 5. The molecule has 0 unspecified atom stereocenters. The molecule has 0 spiro atoms. The van der Waals surface area contributed by atoms with E-state index in [0.717, 1.165) is 6.20 Å². The largest absolute Gasteiger partial charge is 0.364 e. The molecule has 0 atom stereocenters. The second-order valence-electron chi connectivity index (χ2n) is 7.55. The Morgan fingerprint density at radius 1 is 1.03 bits per heavy atom. The Labute approximate surface area is 187 Å². The highest BCUT2D eigenvalue weighted by atomic mass is 32.2. The standard InChI is InChI=1S/C21H18F2N6O3S/c22-15-4-2-1-3-14(15)13-29-19(17-5-8-32-27-17)11-18(26-29)20-24-12-16(23)21(25-20)28-6-9-33(30,31)10-7-28/h1-5,8,11-12H,6-7,9-10,13H2. The fourth-order valence-corrected chi connectivity index (χ4v) is 4.81. The SMILES string of the molecule is O=S1(=O)CCN(c2nc(-c3cc(-c4ccon4)n(Cc4ccccc4F)n3)ncc2F)CC1. The molecule has 1 aromatic carbocycles. The molecule has 0 saturated carbocycles. The average Bonchev–Trinajstić information content (AvgIpc) is 3.46. The maximum atomic E-state index is 14.5. The number of anilines is 1. The Hall–Kier alpha value is -3.67. The van der Waals surface area contributed by atoms with Gasteiger partial charge in [0.15, 0.2) is 27.3 Å². The van der Waals surface area contributed by atoms with Gasteiger partial charge in [-0.25, -0.2) is 27.2 Å². The van der Waals surface area contributed by atoms with Gasteiger partial charge in [0, 0.05) is 24.7 Å². The van der Waals surface area contributed by atoms with Crippen molar-refractivity contribution in [2.75, 3.05) is 29.5 Å². The number of benzene rings is 1. The third kappa shape index (κ3) is 4.33. The zero-order chi connectivity index (χ0) is 23.0. The summed E-state index contributed by atoms with van der Waals surface area (Å²) in [4.78, 5) is 9.97. The lowest BCUT2D eigenvalue weighted by Gasteiger charge is -2.27. The maximum absolute atomic E-state index is 14.5. The van der Waals surface area contributed by atoms with Gasteiger partial charge in [-0.05, 0) is 12.1 Å². The Bertz CT molecular complexity index is 1390. The van der Waals surface area contributed by atoms with Crippen LogP contribution in [-0.4, -0.2) is 57.9 Å². The Morgan fingerprint density at radius 2 is 1.82 bits per heavy atom. The molecule has 3 aromatic heterocycles. The Balaban J connectivity index is 1.53. The topological polar surface area (TPSA) is 107 Å². The lowest BCUT2D eigenvalue weighted by Crippen LogP contribution is -2.41. The Kier molecular flexibility index (Phi) is 5.36. The normalized spacial score (nSPS) is 15.6. The second kappa shape index (κ2) is 8.35. The summed E-state index contributed by atoms with van der Waals surface area (Å²) in [5.41, 5.74) is 1.77. The molecule has 0 aliphatic carbocycles. The van der Waals surface area contributed by atoms with Crippen LogP contribution in [0.25, 0.3) is 22.9 Å². The quantitative estimate of drug-likeness (QED) is 0.436. The molecule has 0 N–H and O–H groups in total. The molecule has 1 aliphatic rings. The number of sulfone groups is 1. The average molecular weight is 472 g/mol. The molecule has 4 aromatic rings. The molecule has 1 fully saturated rings. The lowest BCUT2D eigenvalue weighted by molar-refractivity contribution is 0.421. The number of nitrogens with zero attached hydrogens (tertiary/aromatic N) is 6. The van der Waals surface area contributed by atoms with Crippen LogP contribution >= 0.6 is 0 Å². The van der Waals surface area contributed by atoms with Crippen molar-refractivity contribution in [2.45, 2.75) is 6.54 Å². The van der Waals surface area contributed by atoms with E-state index < -0.39 is 15.7 Å². The Morgan fingerprint density at radius 3 is 2.55 bits per heavy atom. The van der Waals surface area contributed by atoms with Crippen molar-refractivity contribution in [1.82, 2.24) is 24.9 Å². The summed E-state index contributed by atoms with van der Waals surface area (Å²) in [6, 6.07) is 9.66. The number of halogens is 2. The van der Waals surface area contributed by atoms with Crippen molar-refractivity contribution in [3.63, 3.8) is 0 Å². The summed E-state index contributed by atoms with van der Waals surface area (Å²) >= 11 is 0. The predicted molar refractivity (Wildman–Crippen MR) is 115 cm³/mol. The van der Waals surface area contributed by atoms with Gasteiger partial charge < -0.3 is 9.42 Å².